The maximum absolute atomic E-state index is 12.2. The van der Waals surface area contributed by atoms with Gasteiger partial charge in [0.25, 0.3) is 5.91 Å². The fraction of sp³-hybridized carbons (Fsp3) is 0.400. The number of Topliss-reactive ketones (excluding diaryl/α,β-unsaturated/α-hetero) is 1. The summed E-state index contributed by atoms with van der Waals surface area (Å²) in [6, 6.07) is 8.58. The maximum atomic E-state index is 12.2. The molecule has 1 aromatic carbocycles. The minimum Gasteiger partial charge on any atom is -0.469 e. The predicted molar refractivity (Wildman–Crippen MR) is 74.3 cm³/mol. The van der Waals surface area contributed by atoms with E-state index in [9.17, 15) is 14.4 Å². The van der Waals surface area contributed by atoms with E-state index < -0.39 is 5.97 Å². The Kier molecular flexibility index (Phi) is 5.90. The van der Waals surface area contributed by atoms with Gasteiger partial charge in [0.2, 0.25) is 0 Å². The number of hydrogen-bond acceptors (Lipinski definition) is 4. The number of carbonyl (C=O) groups is 3. The van der Waals surface area contributed by atoms with Crippen molar-refractivity contribution in [1.29, 1.82) is 0 Å². The van der Waals surface area contributed by atoms with Crippen molar-refractivity contribution in [3.8, 4) is 0 Å². The van der Waals surface area contributed by atoms with Gasteiger partial charge < -0.3 is 9.64 Å². The third-order valence-electron chi connectivity index (χ3n) is 3.09. The largest absolute Gasteiger partial charge is 0.469 e. The number of rotatable bonds is 6. The molecule has 0 saturated carbocycles. The van der Waals surface area contributed by atoms with Crippen LogP contribution >= 0.6 is 0 Å². The molecular weight excluding hydrogens is 258 g/mol. The van der Waals surface area contributed by atoms with Gasteiger partial charge in [0, 0.05) is 25.1 Å². The van der Waals surface area contributed by atoms with Gasteiger partial charge in [0.05, 0.1) is 7.11 Å². The second-order valence-corrected chi connectivity index (χ2v) is 4.63. The second kappa shape index (κ2) is 7.43. The molecular formula is C15H19NO4. The number of methoxy groups -OCH3 is 1. The highest BCUT2D eigenvalue weighted by atomic mass is 16.5. The third-order valence-corrected chi connectivity index (χ3v) is 3.09. The summed E-state index contributed by atoms with van der Waals surface area (Å²) in [4.78, 5) is 36.3. The first-order valence-electron chi connectivity index (χ1n) is 6.36. The van der Waals surface area contributed by atoms with Gasteiger partial charge in [-0.25, -0.2) is 0 Å². The van der Waals surface area contributed by atoms with Crippen molar-refractivity contribution in [2.75, 3.05) is 14.2 Å². The highest BCUT2D eigenvalue weighted by molar-refractivity contribution is 5.97. The van der Waals surface area contributed by atoms with Crippen LogP contribution in [0.1, 0.15) is 30.1 Å². The molecule has 0 unspecified atom stereocenters. The lowest BCUT2D eigenvalue weighted by Crippen LogP contribution is -2.36. The number of benzene rings is 1. The van der Waals surface area contributed by atoms with Crippen molar-refractivity contribution in [1.82, 2.24) is 4.90 Å². The van der Waals surface area contributed by atoms with Crippen LogP contribution in [-0.4, -0.2) is 42.8 Å². The topological polar surface area (TPSA) is 63.7 Å². The highest BCUT2D eigenvalue weighted by Crippen LogP contribution is 2.10. The van der Waals surface area contributed by atoms with Gasteiger partial charge in [-0.3, -0.25) is 14.4 Å². The summed E-state index contributed by atoms with van der Waals surface area (Å²) in [6.07, 6.45) is -0.127. The van der Waals surface area contributed by atoms with E-state index in [2.05, 4.69) is 4.74 Å². The molecule has 5 heteroatoms. The first-order valence-corrected chi connectivity index (χ1v) is 6.36. The molecule has 0 aliphatic rings. The summed E-state index contributed by atoms with van der Waals surface area (Å²) in [5, 5.41) is 0. The molecule has 0 aliphatic heterocycles. The molecule has 0 spiro atoms. The number of ether oxygens (including phenoxy) is 1. The Morgan fingerprint density at radius 2 is 1.80 bits per heavy atom. The van der Waals surface area contributed by atoms with Crippen LogP contribution in [-0.2, 0) is 14.3 Å². The van der Waals surface area contributed by atoms with Crippen molar-refractivity contribution in [3.63, 3.8) is 0 Å². The van der Waals surface area contributed by atoms with E-state index in [4.69, 9.17) is 0 Å². The Morgan fingerprint density at radius 3 is 2.35 bits per heavy atom. The normalized spacial score (nSPS) is 11.6. The van der Waals surface area contributed by atoms with Gasteiger partial charge in [-0.05, 0) is 19.1 Å². The molecule has 1 aromatic rings. The molecule has 108 valence electrons. The summed E-state index contributed by atoms with van der Waals surface area (Å²) in [5.74, 6) is -0.944. The van der Waals surface area contributed by atoms with Crippen molar-refractivity contribution < 1.29 is 19.1 Å². The van der Waals surface area contributed by atoms with Crippen LogP contribution in [0.25, 0.3) is 0 Å². The van der Waals surface area contributed by atoms with Crippen LogP contribution < -0.4 is 0 Å². The van der Waals surface area contributed by atoms with Gasteiger partial charge in [0.1, 0.15) is 12.2 Å². The molecule has 0 aromatic heterocycles. The summed E-state index contributed by atoms with van der Waals surface area (Å²) in [7, 11) is 2.88. The molecule has 0 N–H and O–H groups in total. The minimum absolute atomic E-state index is 0.129. The third kappa shape index (κ3) is 4.50. The highest BCUT2D eigenvalue weighted by Gasteiger charge is 2.21. The molecule has 0 radical (unpaired) electrons. The first kappa shape index (κ1) is 15.9. The van der Waals surface area contributed by atoms with Gasteiger partial charge in [-0.1, -0.05) is 18.2 Å². The standard InChI is InChI=1S/C15H19NO4/c1-11(9-13(17)10-14(18)20-3)16(2)15(19)12-7-5-4-6-8-12/h4-8,11H,9-10H2,1-3H3/t11-/m0/s1. The second-order valence-electron chi connectivity index (χ2n) is 4.63. The quantitative estimate of drug-likeness (QED) is 0.586. The van der Waals surface area contributed by atoms with Crippen LogP contribution in [0.2, 0.25) is 0 Å². The fourth-order valence-corrected chi connectivity index (χ4v) is 1.76. The van der Waals surface area contributed by atoms with E-state index in [1.54, 1.807) is 38.2 Å². The SMILES string of the molecule is COC(=O)CC(=O)C[C@H](C)N(C)C(=O)c1ccccc1. The molecule has 5 nitrogen and oxygen atoms in total. The zero-order chi connectivity index (χ0) is 15.1. The molecule has 0 heterocycles. The number of esters is 1. The average molecular weight is 277 g/mol. The Labute approximate surface area is 118 Å². The van der Waals surface area contributed by atoms with Crippen molar-refractivity contribution in [2.45, 2.75) is 25.8 Å². The van der Waals surface area contributed by atoms with Gasteiger partial charge in [0.15, 0.2) is 0 Å². The lowest BCUT2D eigenvalue weighted by atomic mass is 10.1. The number of carbonyl (C=O) groups excluding carboxylic acids is 3. The maximum Gasteiger partial charge on any atom is 0.313 e. The van der Waals surface area contributed by atoms with Crippen LogP contribution in [0, 0.1) is 0 Å². The minimum atomic E-state index is -0.556. The lowest BCUT2D eigenvalue weighted by Gasteiger charge is -2.24. The van der Waals surface area contributed by atoms with Crippen molar-refractivity contribution in [2.24, 2.45) is 0 Å². The lowest BCUT2D eigenvalue weighted by molar-refractivity contribution is -0.143. The first-order chi connectivity index (χ1) is 9.45. The Balaban J connectivity index is 2.59. The summed E-state index contributed by atoms with van der Waals surface area (Å²) in [6.45, 7) is 1.77. The molecule has 1 amide bonds. The monoisotopic (exact) mass is 277 g/mol. The van der Waals surface area contributed by atoms with E-state index in [0.29, 0.717) is 5.56 Å². The molecule has 1 atom stereocenters. The van der Waals surface area contributed by atoms with E-state index in [1.165, 1.54) is 12.0 Å². The van der Waals surface area contributed by atoms with Gasteiger partial charge in [-0.2, -0.15) is 0 Å². The molecule has 0 fully saturated rings. The van der Waals surface area contributed by atoms with E-state index in [0.717, 1.165) is 0 Å². The molecule has 20 heavy (non-hydrogen) atoms. The average Bonchev–Trinajstić information content (AvgIpc) is 2.46. The predicted octanol–water partition coefficient (Wildman–Crippen LogP) is 1.67. The molecule has 0 bridgehead atoms. The Bertz CT molecular complexity index is 484. The van der Waals surface area contributed by atoms with Gasteiger partial charge in [-0.15, -0.1) is 0 Å². The number of nitrogens with zero attached hydrogens (tertiary/aromatic N) is 1. The van der Waals surface area contributed by atoms with Gasteiger partial charge >= 0.3 is 5.97 Å². The van der Waals surface area contributed by atoms with Crippen molar-refractivity contribution >= 4 is 17.7 Å². The Hall–Kier alpha value is -2.17. The van der Waals surface area contributed by atoms with Crippen LogP contribution in [0.15, 0.2) is 30.3 Å². The number of hydrogen-bond donors (Lipinski definition) is 0. The summed E-state index contributed by atoms with van der Waals surface area (Å²) < 4.78 is 4.44. The van der Waals surface area contributed by atoms with Crippen molar-refractivity contribution in [3.05, 3.63) is 35.9 Å². The number of ketones is 1. The fourth-order valence-electron chi connectivity index (χ4n) is 1.76. The smallest absolute Gasteiger partial charge is 0.313 e. The van der Waals surface area contributed by atoms with E-state index in [-0.39, 0.29) is 30.6 Å². The number of amides is 1. The molecule has 0 aliphatic carbocycles. The van der Waals surface area contributed by atoms with Crippen LogP contribution in [0.4, 0.5) is 0 Å². The summed E-state index contributed by atoms with van der Waals surface area (Å²) in [5.41, 5.74) is 0.572. The van der Waals surface area contributed by atoms with E-state index >= 15 is 0 Å². The summed E-state index contributed by atoms with van der Waals surface area (Å²) >= 11 is 0. The zero-order valence-electron chi connectivity index (χ0n) is 12.0. The molecule has 0 saturated heterocycles. The van der Waals surface area contributed by atoms with Crippen LogP contribution in [0.3, 0.4) is 0 Å². The molecule has 1 rings (SSSR count). The van der Waals surface area contributed by atoms with E-state index in [1.807, 2.05) is 6.07 Å². The zero-order valence-corrected chi connectivity index (χ0v) is 12.0. The van der Waals surface area contributed by atoms with Crippen LogP contribution in [0.5, 0.6) is 0 Å². The Morgan fingerprint density at radius 1 is 1.20 bits per heavy atom.